The summed E-state index contributed by atoms with van der Waals surface area (Å²) in [7, 11) is 1.88. The molecular weight excluding hydrogens is 329 g/mol. The Morgan fingerprint density at radius 2 is 1.95 bits per heavy atom. The molecule has 2 rings (SSSR count). The molecule has 0 amide bonds. The first-order valence-corrected chi connectivity index (χ1v) is 7.08. The maximum Gasteiger partial charge on any atom is 0.126 e. The van der Waals surface area contributed by atoms with Crippen LogP contribution < -0.4 is 5.32 Å². The van der Waals surface area contributed by atoms with Gasteiger partial charge in [0, 0.05) is 9.50 Å². The maximum atomic E-state index is 13.4. The molecule has 1 unspecified atom stereocenters. The van der Waals surface area contributed by atoms with Crippen LogP contribution in [0.15, 0.2) is 40.9 Å². The van der Waals surface area contributed by atoms with Gasteiger partial charge in [-0.2, -0.15) is 0 Å². The molecule has 1 nitrogen and oxygen atoms in total. The predicted octanol–water partition coefficient (Wildman–Crippen LogP) is 4.86. The monoisotopic (exact) mass is 341 g/mol. The summed E-state index contributed by atoms with van der Waals surface area (Å²) < 4.78 is 14.3. The van der Waals surface area contributed by atoms with Gasteiger partial charge in [0.25, 0.3) is 0 Å². The molecule has 0 spiro atoms. The number of hydrogen-bond acceptors (Lipinski definition) is 1. The van der Waals surface area contributed by atoms with Gasteiger partial charge >= 0.3 is 0 Å². The van der Waals surface area contributed by atoms with E-state index in [1.165, 1.54) is 6.07 Å². The minimum absolute atomic E-state index is 0.00839. The standard InChI is InChI=1S/C15H14BrClFN/c1-9-7-10(3-6-14(9)18)15(19-2)12-5-4-11(17)8-13(12)16/h3-8,15,19H,1-2H3. The lowest BCUT2D eigenvalue weighted by Crippen LogP contribution is -2.18. The first-order valence-electron chi connectivity index (χ1n) is 5.91. The lowest BCUT2D eigenvalue weighted by Gasteiger charge is -2.19. The number of aryl methyl sites for hydroxylation is 1. The maximum absolute atomic E-state index is 13.4. The van der Waals surface area contributed by atoms with Crippen LogP contribution in [0.3, 0.4) is 0 Å². The van der Waals surface area contributed by atoms with Crippen LogP contribution in [0.2, 0.25) is 5.02 Å². The van der Waals surface area contributed by atoms with Gasteiger partial charge < -0.3 is 5.32 Å². The van der Waals surface area contributed by atoms with Crippen molar-refractivity contribution in [3.05, 3.63) is 68.4 Å². The Hall–Kier alpha value is -0.900. The van der Waals surface area contributed by atoms with E-state index in [9.17, 15) is 4.39 Å². The molecule has 19 heavy (non-hydrogen) atoms. The van der Waals surface area contributed by atoms with E-state index in [0.717, 1.165) is 15.6 Å². The van der Waals surface area contributed by atoms with Crippen LogP contribution in [0.1, 0.15) is 22.7 Å². The normalized spacial score (nSPS) is 12.5. The molecular formula is C15H14BrClFN. The highest BCUT2D eigenvalue weighted by atomic mass is 79.9. The highest BCUT2D eigenvalue weighted by Gasteiger charge is 2.16. The van der Waals surface area contributed by atoms with E-state index in [1.54, 1.807) is 13.0 Å². The predicted molar refractivity (Wildman–Crippen MR) is 81.2 cm³/mol. The average molecular weight is 343 g/mol. The molecule has 0 aliphatic heterocycles. The molecule has 0 fully saturated rings. The smallest absolute Gasteiger partial charge is 0.126 e. The first kappa shape index (κ1) is 14.5. The van der Waals surface area contributed by atoms with E-state index in [-0.39, 0.29) is 11.9 Å². The molecule has 0 aromatic heterocycles. The second-order valence-corrected chi connectivity index (χ2v) is 5.69. The third kappa shape index (κ3) is 3.16. The molecule has 2 aromatic carbocycles. The molecule has 0 radical (unpaired) electrons. The van der Waals surface area contributed by atoms with E-state index >= 15 is 0 Å². The van der Waals surface area contributed by atoms with E-state index in [2.05, 4.69) is 21.2 Å². The second-order valence-electron chi connectivity index (χ2n) is 4.40. The summed E-state index contributed by atoms with van der Waals surface area (Å²) in [5, 5.41) is 3.93. The van der Waals surface area contributed by atoms with Gasteiger partial charge in [-0.15, -0.1) is 0 Å². The van der Waals surface area contributed by atoms with Crippen LogP contribution in [-0.2, 0) is 0 Å². The fourth-order valence-electron chi connectivity index (χ4n) is 2.08. The van der Waals surface area contributed by atoms with Crippen LogP contribution in [0.4, 0.5) is 4.39 Å². The van der Waals surface area contributed by atoms with Crippen molar-refractivity contribution < 1.29 is 4.39 Å². The summed E-state index contributed by atoms with van der Waals surface area (Å²) >= 11 is 9.48. The molecule has 0 heterocycles. The minimum Gasteiger partial charge on any atom is -0.309 e. The number of hydrogen-bond donors (Lipinski definition) is 1. The van der Waals surface area contributed by atoms with Gasteiger partial charge in [0.2, 0.25) is 0 Å². The van der Waals surface area contributed by atoms with Gasteiger partial charge in [-0.25, -0.2) is 4.39 Å². The average Bonchev–Trinajstić information content (AvgIpc) is 2.37. The zero-order chi connectivity index (χ0) is 14.0. The van der Waals surface area contributed by atoms with Crippen LogP contribution >= 0.6 is 27.5 Å². The van der Waals surface area contributed by atoms with Gasteiger partial charge in [0.15, 0.2) is 0 Å². The molecule has 0 saturated heterocycles. The van der Waals surface area contributed by atoms with E-state index in [1.807, 2.05) is 31.3 Å². The van der Waals surface area contributed by atoms with Gasteiger partial charge in [-0.05, 0) is 48.9 Å². The van der Waals surface area contributed by atoms with Gasteiger partial charge in [0.05, 0.1) is 6.04 Å². The topological polar surface area (TPSA) is 12.0 Å². The van der Waals surface area contributed by atoms with Gasteiger partial charge in [-0.3, -0.25) is 0 Å². The van der Waals surface area contributed by atoms with Gasteiger partial charge in [0.1, 0.15) is 5.82 Å². The highest BCUT2D eigenvalue weighted by molar-refractivity contribution is 9.10. The molecule has 0 saturated carbocycles. The first-order chi connectivity index (χ1) is 9.02. The summed E-state index contributed by atoms with van der Waals surface area (Å²) in [6, 6.07) is 10.8. The number of rotatable bonds is 3. The molecule has 0 bridgehead atoms. The zero-order valence-corrected chi connectivity index (χ0v) is 13.0. The minimum atomic E-state index is -0.186. The van der Waals surface area contributed by atoms with Crippen molar-refractivity contribution >= 4 is 27.5 Å². The van der Waals surface area contributed by atoms with Gasteiger partial charge in [-0.1, -0.05) is 45.7 Å². The Bertz CT molecular complexity index is 601. The largest absolute Gasteiger partial charge is 0.309 e. The third-order valence-corrected chi connectivity index (χ3v) is 4.00. The van der Waals surface area contributed by atoms with Crippen LogP contribution in [0.25, 0.3) is 0 Å². The highest BCUT2D eigenvalue weighted by Crippen LogP contribution is 2.31. The number of nitrogens with one attached hydrogen (secondary N) is 1. The Morgan fingerprint density at radius 3 is 2.53 bits per heavy atom. The Balaban J connectivity index is 2.46. The summed E-state index contributed by atoms with van der Waals surface area (Å²) in [6.45, 7) is 1.77. The van der Waals surface area contributed by atoms with Crippen molar-refractivity contribution in [2.24, 2.45) is 0 Å². The lowest BCUT2D eigenvalue weighted by atomic mass is 9.97. The Morgan fingerprint density at radius 1 is 1.21 bits per heavy atom. The second kappa shape index (κ2) is 6.04. The number of benzene rings is 2. The van der Waals surface area contributed by atoms with Crippen molar-refractivity contribution in [1.82, 2.24) is 5.32 Å². The van der Waals surface area contributed by atoms with Crippen molar-refractivity contribution in [2.75, 3.05) is 7.05 Å². The summed E-state index contributed by atoms with van der Waals surface area (Å²) in [5.41, 5.74) is 2.73. The van der Waals surface area contributed by atoms with Crippen molar-refractivity contribution in [1.29, 1.82) is 0 Å². The van der Waals surface area contributed by atoms with E-state index < -0.39 is 0 Å². The molecule has 1 atom stereocenters. The quantitative estimate of drug-likeness (QED) is 0.840. The lowest BCUT2D eigenvalue weighted by molar-refractivity contribution is 0.614. The molecule has 2 aromatic rings. The fraction of sp³-hybridized carbons (Fsp3) is 0.200. The SMILES string of the molecule is CNC(c1ccc(F)c(C)c1)c1ccc(Cl)cc1Br. The molecule has 100 valence electrons. The molecule has 0 aliphatic rings. The Labute approximate surface area is 125 Å². The molecule has 0 aliphatic carbocycles. The van der Waals surface area contributed by atoms with Crippen molar-refractivity contribution in [2.45, 2.75) is 13.0 Å². The number of halogens is 3. The molecule has 1 N–H and O–H groups in total. The summed E-state index contributed by atoms with van der Waals surface area (Å²) in [4.78, 5) is 0. The van der Waals surface area contributed by atoms with Crippen LogP contribution in [0.5, 0.6) is 0 Å². The van der Waals surface area contributed by atoms with Crippen LogP contribution in [-0.4, -0.2) is 7.05 Å². The third-order valence-electron chi connectivity index (χ3n) is 3.08. The van der Waals surface area contributed by atoms with Crippen molar-refractivity contribution in [3.8, 4) is 0 Å². The Kier molecular flexibility index (Phi) is 4.61. The van der Waals surface area contributed by atoms with Crippen molar-refractivity contribution in [3.63, 3.8) is 0 Å². The molecule has 4 heteroatoms. The van der Waals surface area contributed by atoms with Crippen LogP contribution in [0, 0.1) is 12.7 Å². The fourth-order valence-corrected chi connectivity index (χ4v) is 3.00. The zero-order valence-electron chi connectivity index (χ0n) is 10.7. The summed E-state index contributed by atoms with van der Waals surface area (Å²) in [6.07, 6.45) is 0. The van der Waals surface area contributed by atoms with E-state index in [0.29, 0.717) is 10.6 Å². The summed E-state index contributed by atoms with van der Waals surface area (Å²) in [5.74, 6) is -0.186. The van der Waals surface area contributed by atoms with E-state index in [4.69, 9.17) is 11.6 Å².